The highest BCUT2D eigenvalue weighted by Crippen LogP contribution is 2.22. The Balaban J connectivity index is 2.05. The predicted molar refractivity (Wildman–Crippen MR) is 72.2 cm³/mol. The van der Waals surface area contributed by atoms with E-state index in [1.54, 1.807) is 6.07 Å². The molecule has 6 heteroatoms. The van der Waals surface area contributed by atoms with E-state index in [9.17, 15) is 15.0 Å². The van der Waals surface area contributed by atoms with Gasteiger partial charge in [0.1, 0.15) is 5.60 Å². The lowest BCUT2D eigenvalue weighted by molar-refractivity contribution is -0.0603. The first-order chi connectivity index (χ1) is 9.43. The number of nitrogens with zero attached hydrogens (tertiary/aromatic N) is 2. The van der Waals surface area contributed by atoms with Gasteiger partial charge in [-0.1, -0.05) is 19.0 Å². The van der Waals surface area contributed by atoms with E-state index in [2.05, 4.69) is 19.0 Å². The van der Waals surface area contributed by atoms with Gasteiger partial charge in [-0.2, -0.15) is 0 Å². The van der Waals surface area contributed by atoms with E-state index < -0.39 is 5.60 Å². The number of likely N-dealkylation sites (tertiary alicyclic amines) is 1. The molecule has 2 N–H and O–H groups in total. The van der Waals surface area contributed by atoms with Crippen molar-refractivity contribution >= 4 is 5.91 Å². The van der Waals surface area contributed by atoms with Crippen LogP contribution in [0.2, 0.25) is 0 Å². The normalized spacial score (nSPS) is 23.4. The summed E-state index contributed by atoms with van der Waals surface area (Å²) >= 11 is 0. The molecule has 1 amide bonds. The molecule has 6 nitrogen and oxygen atoms in total. The molecule has 1 aliphatic heterocycles. The van der Waals surface area contributed by atoms with Crippen LogP contribution in [0.1, 0.15) is 42.9 Å². The van der Waals surface area contributed by atoms with E-state index in [1.165, 1.54) is 4.90 Å². The van der Waals surface area contributed by atoms with Crippen molar-refractivity contribution in [2.45, 2.75) is 38.7 Å². The van der Waals surface area contributed by atoms with Gasteiger partial charge in [0.2, 0.25) is 5.76 Å². The highest BCUT2D eigenvalue weighted by molar-refractivity contribution is 5.91. The second-order valence-corrected chi connectivity index (χ2v) is 5.99. The molecule has 1 aromatic heterocycles. The zero-order valence-corrected chi connectivity index (χ0v) is 12.0. The Morgan fingerprint density at radius 3 is 3.00 bits per heavy atom. The largest absolute Gasteiger partial charge is 0.393 e. The van der Waals surface area contributed by atoms with Crippen molar-refractivity contribution in [1.29, 1.82) is 0 Å². The van der Waals surface area contributed by atoms with Crippen LogP contribution in [-0.4, -0.2) is 51.5 Å². The van der Waals surface area contributed by atoms with Crippen LogP contribution in [0.3, 0.4) is 0 Å². The van der Waals surface area contributed by atoms with Crippen LogP contribution in [0.5, 0.6) is 0 Å². The summed E-state index contributed by atoms with van der Waals surface area (Å²) in [5.74, 6) is 0.361. The number of amides is 1. The van der Waals surface area contributed by atoms with Gasteiger partial charge >= 0.3 is 0 Å². The molecule has 0 radical (unpaired) electrons. The fourth-order valence-corrected chi connectivity index (χ4v) is 2.50. The molecule has 1 saturated heterocycles. The third-order valence-corrected chi connectivity index (χ3v) is 3.52. The summed E-state index contributed by atoms with van der Waals surface area (Å²) in [6.07, 6.45) is 1.93. The lowest BCUT2D eigenvalue weighted by Crippen LogP contribution is -2.52. The minimum Gasteiger partial charge on any atom is -0.393 e. The van der Waals surface area contributed by atoms with Crippen molar-refractivity contribution in [1.82, 2.24) is 10.1 Å². The van der Waals surface area contributed by atoms with Gasteiger partial charge in [-0.15, -0.1) is 0 Å². The molecular weight excluding hydrogens is 260 g/mol. The van der Waals surface area contributed by atoms with Gasteiger partial charge in [-0.05, 0) is 25.2 Å². The summed E-state index contributed by atoms with van der Waals surface area (Å²) < 4.78 is 5.10. The Hall–Kier alpha value is -1.40. The molecule has 1 atom stereocenters. The highest BCUT2D eigenvalue weighted by atomic mass is 16.5. The number of aliphatic hydroxyl groups excluding tert-OH is 1. The highest BCUT2D eigenvalue weighted by Gasteiger charge is 2.35. The van der Waals surface area contributed by atoms with Crippen LogP contribution >= 0.6 is 0 Å². The average Bonchev–Trinajstić information content (AvgIpc) is 2.85. The van der Waals surface area contributed by atoms with E-state index in [4.69, 9.17) is 4.52 Å². The number of β-amino-alcohol motifs (C(OH)–C–C–N with tert-alkyl or cyclic N) is 1. The predicted octanol–water partition coefficient (Wildman–Crippen LogP) is 0.833. The minimum absolute atomic E-state index is 0.128. The molecule has 2 heterocycles. The van der Waals surface area contributed by atoms with E-state index in [-0.39, 0.29) is 24.8 Å². The summed E-state index contributed by atoms with van der Waals surface area (Å²) in [7, 11) is 0. The molecule has 0 aromatic carbocycles. The van der Waals surface area contributed by atoms with Crippen molar-refractivity contribution < 1.29 is 19.5 Å². The maximum Gasteiger partial charge on any atom is 0.292 e. The number of carbonyl (C=O) groups excluding carboxylic acids is 1. The second-order valence-electron chi connectivity index (χ2n) is 5.99. The van der Waals surface area contributed by atoms with Crippen molar-refractivity contribution in [3.8, 4) is 0 Å². The monoisotopic (exact) mass is 282 g/mol. The zero-order chi connectivity index (χ0) is 14.8. The molecule has 2 rings (SSSR count). The standard InChI is InChI=1S/C14H22N2O4/c1-10(2)6-11-7-12(20-15-11)13(18)16-5-3-4-14(19,8-16)9-17/h7,10,17,19H,3-6,8-9H2,1-2H3. The van der Waals surface area contributed by atoms with Gasteiger partial charge in [0.25, 0.3) is 5.91 Å². The Bertz CT molecular complexity index is 471. The van der Waals surface area contributed by atoms with Gasteiger partial charge in [-0.3, -0.25) is 4.79 Å². The first-order valence-electron chi connectivity index (χ1n) is 7.01. The topological polar surface area (TPSA) is 86.8 Å². The fourth-order valence-electron chi connectivity index (χ4n) is 2.50. The maximum atomic E-state index is 12.3. The smallest absolute Gasteiger partial charge is 0.292 e. The quantitative estimate of drug-likeness (QED) is 0.854. The molecule has 0 saturated carbocycles. The van der Waals surface area contributed by atoms with E-state index in [0.29, 0.717) is 25.3 Å². The molecule has 20 heavy (non-hydrogen) atoms. The van der Waals surface area contributed by atoms with Crippen LogP contribution in [0.25, 0.3) is 0 Å². The molecule has 1 aromatic rings. The van der Waals surface area contributed by atoms with Gasteiger partial charge in [0.15, 0.2) is 0 Å². The lowest BCUT2D eigenvalue weighted by Gasteiger charge is -2.37. The van der Waals surface area contributed by atoms with E-state index in [0.717, 1.165) is 12.1 Å². The van der Waals surface area contributed by atoms with Crippen molar-refractivity contribution in [2.75, 3.05) is 19.7 Å². The molecule has 1 aliphatic rings. The Labute approximate surface area is 118 Å². The number of aliphatic hydroxyl groups is 2. The average molecular weight is 282 g/mol. The molecular formula is C14H22N2O4. The van der Waals surface area contributed by atoms with Crippen molar-refractivity contribution in [3.05, 3.63) is 17.5 Å². The molecule has 112 valence electrons. The molecule has 0 bridgehead atoms. The SMILES string of the molecule is CC(C)Cc1cc(C(=O)N2CCCC(O)(CO)C2)on1. The number of carbonyl (C=O) groups is 1. The van der Waals surface area contributed by atoms with Gasteiger partial charge in [0.05, 0.1) is 18.8 Å². The summed E-state index contributed by atoms with van der Waals surface area (Å²) in [6.45, 7) is 4.49. The van der Waals surface area contributed by atoms with E-state index in [1.807, 2.05) is 0 Å². The number of piperidine rings is 1. The second kappa shape index (κ2) is 5.93. The first kappa shape index (κ1) is 15.0. The van der Waals surface area contributed by atoms with Crippen molar-refractivity contribution in [2.24, 2.45) is 5.92 Å². The van der Waals surface area contributed by atoms with Gasteiger partial charge in [0, 0.05) is 12.6 Å². The van der Waals surface area contributed by atoms with Gasteiger partial charge in [-0.25, -0.2) is 0 Å². The van der Waals surface area contributed by atoms with Crippen LogP contribution < -0.4 is 0 Å². The molecule has 1 unspecified atom stereocenters. The van der Waals surface area contributed by atoms with Crippen molar-refractivity contribution in [3.63, 3.8) is 0 Å². The Morgan fingerprint density at radius 1 is 1.60 bits per heavy atom. The third-order valence-electron chi connectivity index (χ3n) is 3.52. The van der Waals surface area contributed by atoms with Crippen LogP contribution in [0.4, 0.5) is 0 Å². The third kappa shape index (κ3) is 3.37. The summed E-state index contributed by atoms with van der Waals surface area (Å²) in [5.41, 5.74) is -0.438. The first-order valence-corrected chi connectivity index (χ1v) is 7.01. The number of rotatable bonds is 4. The lowest BCUT2D eigenvalue weighted by atomic mass is 9.93. The fraction of sp³-hybridized carbons (Fsp3) is 0.714. The van der Waals surface area contributed by atoms with Crippen LogP contribution in [0.15, 0.2) is 10.6 Å². The summed E-state index contributed by atoms with van der Waals surface area (Å²) in [6, 6.07) is 1.66. The number of hydrogen-bond donors (Lipinski definition) is 2. The van der Waals surface area contributed by atoms with Crippen LogP contribution in [-0.2, 0) is 6.42 Å². The number of aromatic nitrogens is 1. The van der Waals surface area contributed by atoms with Gasteiger partial charge < -0.3 is 19.6 Å². The maximum absolute atomic E-state index is 12.3. The molecule has 0 spiro atoms. The summed E-state index contributed by atoms with van der Waals surface area (Å²) in [4.78, 5) is 13.8. The molecule has 0 aliphatic carbocycles. The minimum atomic E-state index is -1.20. The van der Waals surface area contributed by atoms with E-state index >= 15 is 0 Å². The van der Waals surface area contributed by atoms with Crippen LogP contribution in [0, 0.1) is 5.92 Å². The molecule has 1 fully saturated rings. The zero-order valence-electron chi connectivity index (χ0n) is 12.0. The Morgan fingerprint density at radius 2 is 2.35 bits per heavy atom. The summed E-state index contributed by atoms with van der Waals surface area (Å²) in [5, 5.41) is 23.2. The number of hydrogen-bond acceptors (Lipinski definition) is 5. The Kier molecular flexibility index (Phi) is 4.45.